The first-order valence-corrected chi connectivity index (χ1v) is 9.02. The summed E-state index contributed by atoms with van der Waals surface area (Å²) in [4.78, 5) is 11.9. The van der Waals surface area contributed by atoms with E-state index in [-0.39, 0.29) is 23.7 Å². The van der Waals surface area contributed by atoms with Gasteiger partial charge in [0, 0.05) is 6.42 Å². The molecule has 0 radical (unpaired) electrons. The minimum atomic E-state index is -4.08. The molecule has 0 unspecified atom stereocenters. The van der Waals surface area contributed by atoms with Gasteiger partial charge >= 0.3 is 0 Å². The molecule has 1 aliphatic heterocycles. The molecule has 3 fully saturated rings. The highest BCUT2D eigenvalue weighted by Crippen LogP contribution is 2.64. The molecule has 128 valence electrons. The van der Waals surface area contributed by atoms with Gasteiger partial charge in [0.1, 0.15) is 5.78 Å². The minimum absolute atomic E-state index is 0.0152. The summed E-state index contributed by atoms with van der Waals surface area (Å²) in [7, 11) is -4.08. The zero-order valence-corrected chi connectivity index (χ0v) is 13.8. The first-order chi connectivity index (χ1) is 9.82. The predicted octanol–water partition coefficient (Wildman–Crippen LogP) is 1.88. The third kappa shape index (κ3) is 2.80. The molecule has 2 N–H and O–H groups in total. The van der Waals surface area contributed by atoms with Gasteiger partial charge in [-0.15, -0.1) is 0 Å². The summed E-state index contributed by atoms with van der Waals surface area (Å²) in [6.07, 6.45) is 1.97. The minimum Gasteiger partial charge on any atom is -0.303 e. The molecule has 8 heteroatoms. The van der Waals surface area contributed by atoms with Gasteiger partial charge in [-0.25, -0.2) is 8.78 Å². The SMILES string of the molecule is CC1(C)[C@H]2CC[C@]1(CS(=O)(=O)O)C(=O)C2.C[C@@H]1NCC1(F)F. The Bertz CT molecular complexity index is 575. The van der Waals surface area contributed by atoms with E-state index in [1.165, 1.54) is 6.92 Å². The Hall–Kier alpha value is -0.600. The lowest BCUT2D eigenvalue weighted by molar-refractivity contribution is -0.128. The van der Waals surface area contributed by atoms with Crippen molar-refractivity contribution in [3.8, 4) is 0 Å². The van der Waals surface area contributed by atoms with Crippen molar-refractivity contribution in [2.45, 2.75) is 52.0 Å². The Morgan fingerprint density at radius 2 is 1.91 bits per heavy atom. The monoisotopic (exact) mass is 339 g/mol. The van der Waals surface area contributed by atoms with Crippen LogP contribution in [0.3, 0.4) is 0 Å². The number of halogens is 2. The molecule has 3 aliphatic rings. The zero-order valence-electron chi connectivity index (χ0n) is 13.0. The predicted molar refractivity (Wildman–Crippen MR) is 77.4 cm³/mol. The second kappa shape index (κ2) is 5.21. The maximum Gasteiger partial charge on any atom is 0.274 e. The molecule has 3 rings (SSSR count). The molecule has 1 heterocycles. The van der Waals surface area contributed by atoms with Crippen molar-refractivity contribution >= 4 is 15.9 Å². The zero-order chi connectivity index (χ0) is 17.0. The van der Waals surface area contributed by atoms with Crippen LogP contribution in [0.4, 0.5) is 8.78 Å². The molecular weight excluding hydrogens is 316 g/mol. The van der Waals surface area contributed by atoms with E-state index in [2.05, 4.69) is 5.32 Å². The Kier molecular flexibility index (Phi) is 4.20. The van der Waals surface area contributed by atoms with Crippen molar-refractivity contribution in [1.29, 1.82) is 0 Å². The molecule has 0 aromatic carbocycles. The molecule has 2 bridgehead atoms. The van der Waals surface area contributed by atoms with Crippen molar-refractivity contribution in [2.24, 2.45) is 16.7 Å². The molecule has 1 saturated heterocycles. The molecule has 3 atom stereocenters. The lowest BCUT2D eigenvalue weighted by Gasteiger charge is -2.35. The first kappa shape index (κ1) is 17.7. The average Bonchev–Trinajstić information content (AvgIpc) is 2.70. The number of carbonyl (C=O) groups excluding carboxylic acids is 1. The van der Waals surface area contributed by atoms with E-state index in [1.807, 2.05) is 13.8 Å². The summed E-state index contributed by atoms with van der Waals surface area (Å²) in [5.41, 5.74) is -1.12. The lowest BCUT2D eigenvalue weighted by Crippen LogP contribution is -2.60. The number of hydrogen-bond acceptors (Lipinski definition) is 4. The maximum atomic E-state index is 11.9. The van der Waals surface area contributed by atoms with E-state index in [9.17, 15) is 22.0 Å². The first-order valence-electron chi connectivity index (χ1n) is 7.41. The fourth-order valence-electron chi connectivity index (χ4n) is 3.88. The van der Waals surface area contributed by atoms with Gasteiger partial charge in [-0.1, -0.05) is 13.8 Å². The van der Waals surface area contributed by atoms with Gasteiger partial charge in [-0.3, -0.25) is 9.35 Å². The van der Waals surface area contributed by atoms with Gasteiger partial charge in [-0.2, -0.15) is 8.42 Å². The van der Waals surface area contributed by atoms with E-state index in [0.717, 1.165) is 6.42 Å². The summed E-state index contributed by atoms with van der Waals surface area (Å²) in [5.74, 6) is -2.53. The van der Waals surface area contributed by atoms with Crippen molar-refractivity contribution < 1.29 is 26.5 Å². The van der Waals surface area contributed by atoms with Crippen LogP contribution >= 0.6 is 0 Å². The largest absolute Gasteiger partial charge is 0.303 e. The molecule has 0 spiro atoms. The van der Waals surface area contributed by atoms with Crippen LogP contribution in [0.1, 0.15) is 40.0 Å². The van der Waals surface area contributed by atoms with Gasteiger partial charge in [0.05, 0.1) is 23.8 Å². The molecule has 0 aromatic rings. The van der Waals surface area contributed by atoms with E-state index in [0.29, 0.717) is 12.8 Å². The van der Waals surface area contributed by atoms with Crippen LogP contribution in [0.25, 0.3) is 0 Å². The second-order valence-electron chi connectivity index (χ2n) is 7.26. The quantitative estimate of drug-likeness (QED) is 0.751. The van der Waals surface area contributed by atoms with Crippen molar-refractivity contribution in [1.82, 2.24) is 5.32 Å². The van der Waals surface area contributed by atoms with Crippen LogP contribution in [0, 0.1) is 16.7 Å². The molecule has 5 nitrogen and oxygen atoms in total. The molecule has 0 amide bonds. The summed E-state index contributed by atoms with van der Waals surface area (Å²) < 4.78 is 54.7. The summed E-state index contributed by atoms with van der Waals surface area (Å²) in [5, 5.41) is 2.55. The number of nitrogens with one attached hydrogen (secondary N) is 1. The Balaban J connectivity index is 0.000000211. The normalized spacial score (nSPS) is 38.2. The number of hydrogen-bond donors (Lipinski definition) is 2. The highest BCUT2D eigenvalue weighted by Gasteiger charge is 2.65. The van der Waals surface area contributed by atoms with Gasteiger partial charge in [0.25, 0.3) is 16.0 Å². The number of alkyl halides is 2. The molecule has 0 aromatic heterocycles. The number of carbonyl (C=O) groups is 1. The van der Waals surface area contributed by atoms with Gasteiger partial charge in [0.15, 0.2) is 0 Å². The maximum absolute atomic E-state index is 11.9. The second-order valence-corrected chi connectivity index (χ2v) is 8.71. The Morgan fingerprint density at radius 3 is 2.14 bits per heavy atom. The Labute approximate surface area is 129 Å². The van der Waals surface area contributed by atoms with E-state index in [1.54, 1.807) is 0 Å². The van der Waals surface area contributed by atoms with Gasteiger partial charge < -0.3 is 5.32 Å². The van der Waals surface area contributed by atoms with Crippen molar-refractivity contribution in [3.63, 3.8) is 0 Å². The van der Waals surface area contributed by atoms with Crippen LogP contribution < -0.4 is 5.32 Å². The summed E-state index contributed by atoms with van der Waals surface area (Å²) in [6, 6.07) is -0.604. The van der Waals surface area contributed by atoms with Gasteiger partial charge in [0.2, 0.25) is 0 Å². The number of Topliss-reactive ketones (excluding diaryl/α,β-unsaturated/α-hetero) is 1. The fourth-order valence-corrected chi connectivity index (χ4v) is 5.18. The Morgan fingerprint density at radius 1 is 1.36 bits per heavy atom. The van der Waals surface area contributed by atoms with E-state index < -0.39 is 33.3 Å². The fraction of sp³-hybridized carbons (Fsp3) is 0.929. The van der Waals surface area contributed by atoms with Crippen molar-refractivity contribution in [3.05, 3.63) is 0 Å². The van der Waals surface area contributed by atoms with Crippen LogP contribution in [-0.4, -0.2) is 43.0 Å². The number of fused-ring (bicyclic) bond motifs is 2. The molecule has 2 saturated carbocycles. The number of ketones is 1. The van der Waals surface area contributed by atoms with E-state index >= 15 is 0 Å². The lowest BCUT2D eigenvalue weighted by atomic mass is 9.70. The third-order valence-electron chi connectivity index (χ3n) is 5.85. The van der Waals surface area contributed by atoms with Gasteiger partial charge in [-0.05, 0) is 31.1 Å². The van der Waals surface area contributed by atoms with Crippen LogP contribution in [-0.2, 0) is 14.9 Å². The smallest absolute Gasteiger partial charge is 0.274 e. The number of rotatable bonds is 2. The third-order valence-corrected chi connectivity index (χ3v) is 6.70. The summed E-state index contributed by atoms with van der Waals surface area (Å²) >= 11 is 0. The highest BCUT2D eigenvalue weighted by molar-refractivity contribution is 7.85. The average molecular weight is 339 g/mol. The summed E-state index contributed by atoms with van der Waals surface area (Å²) in [6.45, 7) is 5.22. The van der Waals surface area contributed by atoms with Crippen LogP contribution in [0.2, 0.25) is 0 Å². The molecule has 2 aliphatic carbocycles. The van der Waals surface area contributed by atoms with Crippen LogP contribution in [0.5, 0.6) is 0 Å². The van der Waals surface area contributed by atoms with Crippen molar-refractivity contribution in [2.75, 3.05) is 12.3 Å². The van der Waals surface area contributed by atoms with Crippen LogP contribution in [0.15, 0.2) is 0 Å². The standard InChI is InChI=1S/C10H16O4S.C4H7F2N/c1-9(2)7-3-4-10(9,8(11)5-7)6-15(12,13)14;1-3-4(5,6)2-7-3/h7H,3-6H2,1-2H3,(H,12,13,14);3,7H,2H2,1H3/t7-,10-;3-/m00/s1. The topological polar surface area (TPSA) is 83.5 Å². The molecule has 22 heavy (non-hydrogen) atoms. The molecular formula is C14H23F2NO4S. The highest BCUT2D eigenvalue weighted by atomic mass is 32.2. The van der Waals surface area contributed by atoms with E-state index in [4.69, 9.17) is 4.55 Å².